The second-order valence-corrected chi connectivity index (χ2v) is 6.08. The van der Waals surface area contributed by atoms with Gasteiger partial charge in [0.25, 0.3) is 0 Å². The first-order valence-corrected chi connectivity index (χ1v) is 8.81. The molecule has 4 aromatic rings. The normalized spacial score (nSPS) is 10.7. The highest BCUT2D eigenvalue weighted by Gasteiger charge is 2.19. The summed E-state index contributed by atoms with van der Waals surface area (Å²) in [7, 11) is 0. The van der Waals surface area contributed by atoms with Crippen LogP contribution in [0.3, 0.4) is 0 Å². The molecule has 5 heteroatoms. The van der Waals surface area contributed by atoms with Gasteiger partial charge >= 0.3 is 5.97 Å². The van der Waals surface area contributed by atoms with Crippen molar-refractivity contribution >= 4 is 28.2 Å². The molecule has 0 unspecified atom stereocenters. The number of hydrogen-bond acceptors (Lipinski definition) is 4. The van der Waals surface area contributed by atoms with E-state index in [4.69, 9.17) is 4.74 Å². The van der Waals surface area contributed by atoms with Crippen molar-refractivity contribution < 1.29 is 9.53 Å². The Balaban J connectivity index is 1.83. The number of fused-ring (bicyclic) bond motifs is 1. The fourth-order valence-electron chi connectivity index (χ4n) is 3.07. The lowest BCUT2D eigenvalue weighted by Crippen LogP contribution is -2.07. The average molecular weight is 357 g/mol. The van der Waals surface area contributed by atoms with E-state index >= 15 is 0 Å². The molecule has 134 valence electrons. The topological polar surface area (TPSA) is 67.0 Å². The lowest BCUT2D eigenvalue weighted by molar-refractivity contribution is 0.0522. The highest BCUT2D eigenvalue weighted by Crippen LogP contribution is 2.33. The quantitative estimate of drug-likeness (QED) is 0.485. The fourth-order valence-corrected chi connectivity index (χ4v) is 3.07. The van der Waals surface area contributed by atoms with Gasteiger partial charge in [0.15, 0.2) is 0 Å². The summed E-state index contributed by atoms with van der Waals surface area (Å²) in [6.07, 6.45) is 3.41. The number of benzene rings is 2. The Labute approximate surface area is 157 Å². The van der Waals surface area contributed by atoms with Crippen LogP contribution in [0, 0.1) is 0 Å². The van der Waals surface area contributed by atoms with Gasteiger partial charge in [-0.3, -0.25) is 4.98 Å². The van der Waals surface area contributed by atoms with Gasteiger partial charge in [-0.1, -0.05) is 42.5 Å². The number of carbonyl (C=O) groups excluding carboxylic acids is 1. The minimum absolute atomic E-state index is 0.318. The number of carbonyl (C=O) groups is 1. The van der Waals surface area contributed by atoms with E-state index in [2.05, 4.69) is 33.5 Å². The van der Waals surface area contributed by atoms with Crippen LogP contribution in [0.4, 0.5) is 11.4 Å². The molecule has 0 fully saturated rings. The number of esters is 1. The van der Waals surface area contributed by atoms with Crippen LogP contribution in [0.2, 0.25) is 0 Å². The van der Waals surface area contributed by atoms with E-state index in [-0.39, 0.29) is 5.97 Å². The number of anilines is 2. The largest absolute Gasteiger partial charge is 0.461 e. The van der Waals surface area contributed by atoms with Gasteiger partial charge in [-0.05, 0) is 36.2 Å². The first-order chi connectivity index (χ1) is 13.3. The van der Waals surface area contributed by atoms with E-state index in [0.29, 0.717) is 18.0 Å². The molecule has 0 atom stereocenters. The maximum Gasteiger partial charge on any atom is 0.356 e. The van der Waals surface area contributed by atoms with E-state index in [0.717, 1.165) is 27.7 Å². The molecule has 5 nitrogen and oxygen atoms in total. The van der Waals surface area contributed by atoms with Crippen LogP contribution in [0.5, 0.6) is 0 Å². The highest BCUT2D eigenvalue weighted by molar-refractivity contribution is 6.08. The molecule has 0 saturated heterocycles. The number of nitrogens with one attached hydrogen (secondary N) is 2. The zero-order valence-corrected chi connectivity index (χ0v) is 14.9. The van der Waals surface area contributed by atoms with Crippen LogP contribution >= 0.6 is 0 Å². The Hall–Kier alpha value is -3.60. The predicted octanol–water partition coefficient (Wildman–Crippen LogP) is 5.15. The van der Waals surface area contributed by atoms with Crippen LogP contribution in [0.1, 0.15) is 17.4 Å². The number of ether oxygens (including phenoxy) is 1. The molecule has 0 aliphatic heterocycles. The van der Waals surface area contributed by atoms with Crippen LogP contribution < -0.4 is 5.32 Å². The maximum atomic E-state index is 12.5. The summed E-state index contributed by atoms with van der Waals surface area (Å²) >= 11 is 0. The molecule has 2 aromatic heterocycles. The summed E-state index contributed by atoms with van der Waals surface area (Å²) in [6.45, 7) is 2.11. The smallest absolute Gasteiger partial charge is 0.356 e. The van der Waals surface area contributed by atoms with Crippen molar-refractivity contribution in [2.75, 3.05) is 11.9 Å². The third kappa shape index (κ3) is 3.40. The molecule has 27 heavy (non-hydrogen) atoms. The minimum atomic E-state index is -0.383. The average Bonchev–Trinajstić information content (AvgIpc) is 3.07. The lowest BCUT2D eigenvalue weighted by Gasteiger charge is -2.08. The summed E-state index contributed by atoms with van der Waals surface area (Å²) in [5.74, 6) is -0.383. The predicted molar refractivity (Wildman–Crippen MR) is 107 cm³/mol. The summed E-state index contributed by atoms with van der Waals surface area (Å²) in [4.78, 5) is 19.7. The van der Waals surface area contributed by atoms with Crippen molar-refractivity contribution in [3.63, 3.8) is 0 Å². The van der Waals surface area contributed by atoms with Gasteiger partial charge in [0.05, 0.1) is 12.3 Å². The van der Waals surface area contributed by atoms with Crippen molar-refractivity contribution in [3.8, 4) is 11.1 Å². The molecule has 2 N–H and O–H groups in total. The zero-order valence-electron chi connectivity index (χ0n) is 14.9. The van der Waals surface area contributed by atoms with E-state index in [1.54, 1.807) is 19.3 Å². The zero-order chi connectivity index (χ0) is 18.6. The van der Waals surface area contributed by atoms with E-state index in [9.17, 15) is 4.79 Å². The number of aromatic amines is 1. The number of hydrogen-bond donors (Lipinski definition) is 2. The molecule has 0 saturated carbocycles. The van der Waals surface area contributed by atoms with Crippen LogP contribution in [0.15, 0.2) is 73.1 Å². The second-order valence-electron chi connectivity index (χ2n) is 6.08. The Kier molecular flexibility index (Phi) is 4.58. The second kappa shape index (κ2) is 7.33. The summed E-state index contributed by atoms with van der Waals surface area (Å²) in [5.41, 5.74) is 5.04. The van der Waals surface area contributed by atoms with E-state index in [1.807, 2.05) is 42.5 Å². The van der Waals surface area contributed by atoms with Gasteiger partial charge < -0.3 is 15.0 Å². The molecule has 0 spiro atoms. The SMILES string of the molecule is CCOC(=O)c1[nH]c2cc(-c3ccccc3)ccc2c1Nc1ccncc1. The monoisotopic (exact) mass is 357 g/mol. The first kappa shape index (κ1) is 16.8. The van der Waals surface area contributed by atoms with E-state index < -0.39 is 0 Å². The maximum absolute atomic E-state index is 12.5. The third-order valence-electron chi connectivity index (χ3n) is 4.33. The molecular weight excluding hydrogens is 338 g/mol. The molecule has 0 amide bonds. The summed E-state index contributed by atoms with van der Waals surface area (Å²) in [6, 6.07) is 20.0. The molecule has 0 bridgehead atoms. The minimum Gasteiger partial charge on any atom is -0.461 e. The third-order valence-corrected chi connectivity index (χ3v) is 4.33. The standard InChI is InChI=1S/C22H19N3O2/c1-2-27-22(26)21-20(24-17-10-12-23-13-11-17)18-9-8-16(14-19(18)25-21)15-6-4-3-5-7-15/h3-14,25H,2H2,1H3,(H,23,24). The first-order valence-electron chi connectivity index (χ1n) is 8.81. The van der Waals surface area contributed by atoms with Gasteiger partial charge in [-0.25, -0.2) is 4.79 Å². The van der Waals surface area contributed by atoms with Crippen molar-refractivity contribution in [1.29, 1.82) is 0 Å². The van der Waals surface area contributed by atoms with Crippen molar-refractivity contribution in [3.05, 3.63) is 78.8 Å². The fraction of sp³-hybridized carbons (Fsp3) is 0.0909. The van der Waals surface area contributed by atoms with Crippen molar-refractivity contribution in [1.82, 2.24) is 9.97 Å². The highest BCUT2D eigenvalue weighted by atomic mass is 16.5. The Bertz CT molecular complexity index is 1070. The van der Waals surface area contributed by atoms with Crippen LogP contribution in [-0.4, -0.2) is 22.5 Å². The van der Waals surface area contributed by atoms with Gasteiger partial charge in [0, 0.05) is 29.0 Å². The number of pyridine rings is 1. The van der Waals surface area contributed by atoms with Gasteiger partial charge in [-0.2, -0.15) is 0 Å². The van der Waals surface area contributed by atoms with Gasteiger partial charge in [-0.15, -0.1) is 0 Å². The lowest BCUT2D eigenvalue weighted by atomic mass is 10.0. The Morgan fingerprint density at radius 3 is 2.56 bits per heavy atom. The van der Waals surface area contributed by atoms with E-state index in [1.165, 1.54) is 0 Å². The molecule has 0 radical (unpaired) electrons. The van der Waals surface area contributed by atoms with Crippen molar-refractivity contribution in [2.45, 2.75) is 6.92 Å². The molecule has 0 aliphatic carbocycles. The number of rotatable bonds is 5. The Morgan fingerprint density at radius 1 is 1.04 bits per heavy atom. The Morgan fingerprint density at radius 2 is 1.81 bits per heavy atom. The number of H-pyrrole nitrogens is 1. The van der Waals surface area contributed by atoms with Gasteiger partial charge in [0.2, 0.25) is 0 Å². The van der Waals surface area contributed by atoms with Gasteiger partial charge in [0.1, 0.15) is 5.69 Å². The van der Waals surface area contributed by atoms with Crippen LogP contribution in [-0.2, 0) is 4.74 Å². The number of nitrogens with zero attached hydrogens (tertiary/aromatic N) is 1. The molecule has 4 rings (SSSR count). The summed E-state index contributed by atoms with van der Waals surface area (Å²) in [5, 5.41) is 4.25. The van der Waals surface area contributed by atoms with Crippen LogP contribution in [0.25, 0.3) is 22.0 Å². The summed E-state index contributed by atoms with van der Waals surface area (Å²) < 4.78 is 5.23. The molecule has 2 heterocycles. The molecule has 0 aliphatic rings. The van der Waals surface area contributed by atoms with Crippen molar-refractivity contribution in [2.24, 2.45) is 0 Å². The molecular formula is C22H19N3O2. The number of aromatic nitrogens is 2. The molecule has 2 aromatic carbocycles.